The normalized spacial score (nSPS) is 19.9. The van der Waals surface area contributed by atoms with E-state index in [9.17, 15) is 4.79 Å². The van der Waals surface area contributed by atoms with Gasteiger partial charge in [-0.25, -0.2) is 4.79 Å². The Hall–Kier alpha value is -2.54. The molecule has 1 aromatic heterocycles. The number of anilines is 3. The van der Waals surface area contributed by atoms with Gasteiger partial charge in [-0.2, -0.15) is 0 Å². The summed E-state index contributed by atoms with van der Waals surface area (Å²) in [6.45, 7) is 6.01. The van der Waals surface area contributed by atoms with Crippen molar-refractivity contribution in [3.63, 3.8) is 0 Å². The minimum Gasteiger partial charge on any atom is -0.352 e. The van der Waals surface area contributed by atoms with Crippen LogP contribution in [0.1, 0.15) is 26.2 Å². The van der Waals surface area contributed by atoms with Gasteiger partial charge in [0.05, 0.1) is 10.7 Å². The summed E-state index contributed by atoms with van der Waals surface area (Å²) in [5.74, 6) is 1.82. The molecule has 2 aromatic rings. The summed E-state index contributed by atoms with van der Waals surface area (Å²) in [5, 5.41) is 12.4. The Morgan fingerprint density at radius 3 is 2.41 bits per heavy atom. The predicted octanol–water partition coefficient (Wildman–Crippen LogP) is 3.86. The lowest BCUT2D eigenvalue weighted by molar-refractivity contribution is 0.208. The number of piperidine rings is 1. The number of hydrogen-bond donors (Lipinski definition) is 1. The Balaban J connectivity index is 1.32. The van der Waals surface area contributed by atoms with Crippen LogP contribution in [0, 0.1) is 0 Å². The summed E-state index contributed by atoms with van der Waals surface area (Å²) in [6.07, 6.45) is 3.71. The monoisotopic (exact) mass is 414 g/mol. The lowest BCUT2D eigenvalue weighted by Gasteiger charge is -2.36. The maximum Gasteiger partial charge on any atom is 0.322 e. The van der Waals surface area contributed by atoms with E-state index in [1.807, 2.05) is 18.2 Å². The molecule has 2 amide bonds. The highest BCUT2D eigenvalue weighted by Crippen LogP contribution is 2.24. The van der Waals surface area contributed by atoms with Crippen LogP contribution in [0.3, 0.4) is 0 Å². The average Bonchev–Trinajstić information content (AvgIpc) is 2.76. The van der Waals surface area contributed by atoms with Crippen LogP contribution in [-0.4, -0.2) is 59.9 Å². The molecule has 154 valence electrons. The first-order valence-corrected chi connectivity index (χ1v) is 10.7. The van der Waals surface area contributed by atoms with Crippen molar-refractivity contribution in [2.24, 2.45) is 0 Å². The molecule has 0 bridgehead atoms. The number of nitrogens with one attached hydrogen (secondary N) is 1. The third-order valence-electron chi connectivity index (χ3n) is 5.74. The van der Waals surface area contributed by atoms with Crippen LogP contribution in [-0.2, 0) is 0 Å². The smallest absolute Gasteiger partial charge is 0.322 e. The number of aromatic nitrogens is 2. The number of urea groups is 1. The molecule has 2 saturated heterocycles. The summed E-state index contributed by atoms with van der Waals surface area (Å²) >= 11 is 6.13. The van der Waals surface area contributed by atoms with Gasteiger partial charge in [-0.1, -0.05) is 23.7 Å². The number of halogens is 1. The molecule has 3 heterocycles. The van der Waals surface area contributed by atoms with E-state index >= 15 is 0 Å². The maximum absolute atomic E-state index is 12.5. The number of nitrogens with zero attached hydrogens (tertiary/aromatic N) is 5. The number of carbonyl (C=O) groups is 1. The second-order valence-electron chi connectivity index (χ2n) is 7.67. The fourth-order valence-corrected chi connectivity index (χ4v) is 4.16. The summed E-state index contributed by atoms with van der Waals surface area (Å²) in [7, 11) is 0. The second kappa shape index (κ2) is 8.86. The molecule has 0 spiro atoms. The summed E-state index contributed by atoms with van der Waals surface area (Å²) < 4.78 is 0. The van der Waals surface area contributed by atoms with Crippen molar-refractivity contribution in [2.45, 2.75) is 32.2 Å². The SMILES string of the molecule is CC1CCCCN1c1ccc(N2CCN(C(=O)Nc3ccccc3Cl)CC2)nn1. The van der Waals surface area contributed by atoms with Gasteiger partial charge in [-0.3, -0.25) is 0 Å². The van der Waals surface area contributed by atoms with E-state index in [0.29, 0.717) is 29.8 Å². The Morgan fingerprint density at radius 2 is 1.72 bits per heavy atom. The van der Waals surface area contributed by atoms with Crippen LogP contribution in [0.15, 0.2) is 36.4 Å². The highest BCUT2D eigenvalue weighted by Gasteiger charge is 2.24. The summed E-state index contributed by atoms with van der Waals surface area (Å²) in [6, 6.07) is 11.8. The van der Waals surface area contributed by atoms with E-state index in [-0.39, 0.29) is 6.03 Å². The van der Waals surface area contributed by atoms with Crippen molar-refractivity contribution in [1.82, 2.24) is 15.1 Å². The third kappa shape index (κ3) is 4.56. The van der Waals surface area contributed by atoms with Gasteiger partial charge in [-0.05, 0) is 50.5 Å². The van der Waals surface area contributed by atoms with Gasteiger partial charge in [0.2, 0.25) is 0 Å². The van der Waals surface area contributed by atoms with Crippen LogP contribution < -0.4 is 15.1 Å². The van der Waals surface area contributed by atoms with Crippen molar-refractivity contribution < 1.29 is 4.79 Å². The molecular weight excluding hydrogens is 388 g/mol. The molecule has 8 heteroatoms. The third-order valence-corrected chi connectivity index (χ3v) is 6.07. The van der Waals surface area contributed by atoms with Crippen LogP contribution in [0.2, 0.25) is 5.02 Å². The molecule has 2 aliphatic rings. The number of hydrogen-bond acceptors (Lipinski definition) is 5. The molecule has 4 rings (SSSR count). The molecule has 1 aromatic carbocycles. The van der Waals surface area contributed by atoms with Gasteiger partial charge in [0, 0.05) is 38.8 Å². The van der Waals surface area contributed by atoms with Crippen molar-refractivity contribution in [1.29, 1.82) is 0 Å². The van der Waals surface area contributed by atoms with Gasteiger partial charge in [0.1, 0.15) is 0 Å². The van der Waals surface area contributed by atoms with E-state index in [1.165, 1.54) is 19.3 Å². The largest absolute Gasteiger partial charge is 0.352 e. The van der Waals surface area contributed by atoms with Gasteiger partial charge >= 0.3 is 6.03 Å². The molecule has 1 atom stereocenters. The van der Waals surface area contributed by atoms with Crippen LogP contribution in [0.25, 0.3) is 0 Å². The molecule has 29 heavy (non-hydrogen) atoms. The molecule has 0 radical (unpaired) electrons. The summed E-state index contributed by atoms with van der Waals surface area (Å²) in [4.78, 5) is 18.8. The van der Waals surface area contributed by atoms with Gasteiger partial charge in [0.25, 0.3) is 0 Å². The first-order valence-electron chi connectivity index (χ1n) is 10.3. The van der Waals surface area contributed by atoms with E-state index in [0.717, 1.165) is 31.3 Å². The Kier molecular flexibility index (Phi) is 6.04. The van der Waals surface area contributed by atoms with E-state index in [1.54, 1.807) is 17.0 Å². The maximum atomic E-state index is 12.5. The first kappa shape index (κ1) is 19.8. The zero-order valence-electron chi connectivity index (χ0n) is 16.7. The number of piperazine rings is 1. The molecule has 2 aliphatic heterocycles. The van der Waals surface area contributed by atoms with Gasteiger partial charge in [-0.15, -0.1) is 10.2 Å². The fourth-order valence-electron chi connectivity index (χ4n) is 3.97. The molecule has 2 fully saturated rings. The van der Waals surface area contributed by atoms with E-state index < -0.39 is 0 Å². The minimum atomic E-state index is -0.127. The van der Waals surface area contributed by atoms with Crippen molar-refractivity contribution in [3.05, 3.63) is 41.4 Å². The molecule has 1 N–H and O–H groups in total. The first-order chi connectivity index (χ1) is 14.1. The number of amides is 2. The zero-order valence-corrected chi connectivity index (χ0v) is 17.5. The van der Waals surface area contributed by atoms with Crippen LogP contribution in [0.4, 0.5) is 22.1 Å². The Labute approximate surface area is 176 Å². The minimum absolute atomic E-state index is 0.127. The number of carbonyl (C=O) groups excluding carboxylic acids is 1. The highest BCUT2D eigenvalue weighted by molar-refractivity contribution is 6.33. The standard InChI is InChI=1S/C21H27ClN6O/c1-16-6-4-5-11-28(16)20-10-9-19(24-25-20)26-12-14-27(15-13-26)21(29)23-18-8-3-2-7-17(18)22/h2-3,7-10,16H,4-6,11-15H2,1H3,(H,23,29). The second-order valence-corrected chi connectivity index (χ2v) is 8.08. The van der Waals surface area contributed by atoms with Crippen molar-refractivity contribution in [3.8, 4) is 0 Å². The lowest BCUT2D eigenvalue weighted by Crippen LogP contribution is -2.50. The van der Waals surface area contributed by atoms with Crippen molar-refractivity contribution in [2.75, 3.05) is 47.8 Å². The van der Waals surface area contributed by atoms with Crippen LogP contribution >= 0.6 is 11.6 Å². The lowest BCUT2D eigenvalue weighted by atomic mass is 10.0. The van der Waals surface area contributed by atoms with Crippen LogP contribution in [0.5, 0.6) is 0 Å². The highest BCUT2D eigenvalue weighted by atomic mass is 35.5. The Morgan fingerprint density at radius 1 is 1.00 bits per heavy atom. The number of benzene rings is 1. The Bertz CT molecular complexity index is 837. The molecule has 7 nitrogen and oxygen atoms in total. The topological polar surface area (TPSA) is 64.6 Å². The molecular formula is C21H27ClN6O. The van der Waals surface area contributed by atoms with E-state index in [2.05, 4.69) is 38.3 Å². The fraction of sp³-hybridized carbons (Fsp3) is 0.476. The number of rotatable bonds is 3. The quantitative estimate of drug-likeness (QED) is 0.826. The summed E-state index contributed by atoms with van der Waals surface area (Å²) in [5.41, 5.74) is 0.634. The van der Waals surface area contributed by atoms with Crippen molar-refractivity contribution >= 4 is 35.0 Å². The number of para-hydroxylation sites is 1. The average molecular weight is 415 g/mol. The van der Waals surface area contributed by atoms with Gasteiger partial charge < -0.3 is 20.0 Å². The zero-order chi connectivity index (χ0) is 20.2. The molecule has 0 aliphatic carbocycles. The predicted molar refractivity (Wildman–Crippen MR) is 117 cm³/mol. The molecule has 1 unspecified atom stereocenters. The van der Waals surface area contributed by atoms with E-state index in [4.69, 9.17) is 11.6 Å². The molecule has 0 saturated carbocycles. The van der Waals surface area contributed by atoms with Gasteiger partial charge in [0.15, 0.2) is 11.6 Å².